The molecule has 0 aliphatic carbocycles. The van der Waals surface area contributed by atoms with Crippen LogP contribution in [0.3, 0.4) is 0 Å². The maximum absolute atomic E-state index is 11.0. The van der Waals surface area contributed by atoms with E-state index < -0.39 is 5.91 Å². The van der Waals surface area contributed by atoms with Gasteiger partial charge < -0.3 is 5.32 Å². The van der Waals surface area contributed by atoms with Crippen molar-refractivity contribution in [3.63, 3.8) is 0 Å². The normalized spacial score (nSPS) is 12.8. The number of nitrogens with one attached hydrogen (secondary N) is 1. The number of hydrogen-bond donors (Lipinski definition) is 1. The molecule has 0 aliphatic rings. The van der Waals surface area contributed by atoms with Gasteiger partial charge in [0.15, 0.2) is 0 Å². The van der Waals surface area contributed by atoms with Gasteiger partial charge in [0.1, 0.15) is 0 Å². The predicted molar refractivity (Wildman–Crippen MR) is 47.7 cm³/mol. The van der Waals surface area contributed by atoms with Gasteiger partial charge in [-0.25, -0.2) is 0 Å². The zero-order chi connectivity index (χ0) is 9.72. The molecule has 0 aromatic carbocycles. The molecular weight excluding hydrogens is 154 g/mol. The second-order valence-corrected chi connectivity index (χ2v) is 3.28. The molecule has 0 spiro atoms. The van der Waals surface area contributed by atoms with Crippen LogP contribution in [0, 0.1) is 5.92 Å². The summed E-state index contributed by atoms with van der Waals surface area (Å²) in [6, 6.07) is 0.0630. The summed E-state index contributed by atoms with van der Waals surface area (Å²) in [5.74, 6) is -0.445. The molecule has 0 heterocycles. The number of amides is 1. The van der Waals surface area contributed by atoms with Crippen LogP contribution >= 0.6 is 0 Å². The van der Waals surface area contributed by atoms with Gasteiger partial charge in [0.2, 0.25) is 5.78 Å². The third-order valence-electron chi connectivity index (χ3n) is 1.93. The molecule has 3 heteroatoms. The van der Waals surface area contributed by atoms with E-state index in [1.165, 1.54) is 0 Å². The summed E-state index contributed by atoms with van der Waals surface area (Å²) < 4.78 is 0. The summed E-state index contributed by atoms with van der Waals surface area (Å²) in [7, 11) is 0. The molecule has 0 rings (SSSR count). The quantitative estimate of drug-likeness (QED) is 0.644. The van der Waals surface area contributed by atoms with Crippen molar-refractivity contribution in [2.45, 2.75) is 40.2 Å². The van der Waals surface area contributed by atoms with Gasteiger partial charge in [-0.15, -0.1) is 0 Å². The van der Waals surface area contributed by atoms with Crippen molar-refractivity contribution in [1.29, 1.82) is 0 Å². The molecule has 0 aromatic heterocycles. The largest absolute Gasteiger partial charge is 0.347 e. The minimum Gasteiger partial charge on any atom is -0.347 e. The standard InChI is InChI=1S/C9H17NO2/c1-5-8(11)9(12)10-7(4)6(2)3/h6-7H,5H2,1-4H3,(H,10,12). The van der Waals surface area contributed by atoms with Gasteiger partial charge in [-0.3, -0.25) is 9.59 Å². The Labute approximate surface area is 73.5 Å². The van der Waals surface area contributed by atoms with E-state index in [4.69, 9.17) is 0 Å². The van der Waals surface area contributed by atoms with E-state index in [0.717, 1.165) is 0 Å². The van der Waals surface area contributed by atoms with E-state index in [0.29, 0.717) is 5.92 Å². The van der Waals surface area contributed by atoms with Crippen molar-refractivity contribution in [2.75, 3.05) is 0 Å². The van der Waals surface area contributed by atoms with Gasteiger partial charge in [-0.1, -0.05) is 20.8 Å². The molecule has 1 N–H and O–H groups in total. The summed E-state index contributed by atoms with van der Waals surface area (Å²) in [4.78, 5) is 21.9. The Morgan fingerprint density at radius 1 is 1.25 bits per heavy atom. The zero-order valence-electron chi connectivity index (χ0n) is 8.18. The highest BCUT2D eigenvalue weighted by atomic mass is 16.2. The lowest BCUT2D eigenvalue weighted by molar-refractivity contribution is -0.138. The first-order valence-corrected chi connectivity index (χ1v) is 4.32. The van der Waals surface area contributed by atoms with Gasteiger partial charge >= 0.3 is 0 Å². The lowest BCUT2D eigenvalue weighted by Gasteiger charge is -2.16. The Bertz CT molecular complexity index is 175. The Morgan fingerprint density at radius 3 is 2.08 bits per heavy atom. The topological polar surface area (TPSA) is 46.2 Å². The third kappa shape index (κ3) is 3.51. The van der Waals surface area contributed by atoms with Crippen LogP contribution in [0.25, 0.3) is 0 Å². The van der Waals surface area contributed by atoms with E-state index in [2.05, 4.69) is 5.32 Å². The first-order chi connectivity index (χ1) is 5.49. The highest BCUT2D eigenvalue weighted by molar-refractivity contribution is 6.36. The molecule has 12 heavy (non-hydrogen) atoms. The van der Waals surface area contributed by atoms with E-state index >= 15 is 0 Å². The number of rotatable bonds is 4. The fourth-order valence-electron chi connectivity index (χ4n) is 0.614. The van der Waals surface area contributed by atoms with E-state index in [1.807, 2.05) is 20.8 Å². The molecule has 1 unspecified atom stereocenters. The SMILES string of the molecule is CCC(=O)C(=O)NC(C)C(C)C. The molecular formula is C9H17NO2. The number of Topliss-reactive ketones (excluding diaryl/α,β-unsaturated/α-hetero) is 1. The molecule has 1 atom stereocenters. The highest BCUT2D eigenvalue weighted by Crippen LogP contribution is 1.99. The molecule has 0 bridgehead atoms. The van der Waals surface area contributed by atoms with Gasteiger partial charge in [0.25, 0.3) is 5.91 Å². The average Bonchev–Trinajstić information content (AvgIpc) is 2.02. The number of hydrogen-bond acceptors (Lipinski definition) is 2. The van der Waals surface area contributed by atoms with Crippen molar-refractivity contribution in [1.82, 2.24) is 5.32 Å². The van der Waals surface area contributed by atoms with E-state index in [-0.39, 0.29) is 18.2 Å². The molecule has 0 aliphatic heterocycles. The molecule has 0 saturated carbocycles. The minimum absolute atomic E-state index is 0.0630. The molecule has 0 aromatic rings. The Hall–Kier alpha value is -0.860. The molecule has 0 radical (unpaired) electrons. The van der Waals surface area contributed by atoms with Crippen LogP contribution in [0.5, 0.6) is 0 Å². The predicted octanol–water partition coefficient (Wildman–Crippen LogP) is 1.13. The highest BCUT2D eigenvalue weighted by Gasteiger charge is 2.15. The van der Waals surface area contributed by atoms with Crippen LogP contribution in [0.1, 0.15) is 34.1 Å². The van der Waals surface area contributed by atoms with Crippen molar-refractivity contribution < 1.29 is 9.59 Å². The van der Waals surface area contributed by atoms with E-state index in [1.54, 1.807) is 6.92 Å². The third-order valence-corrected chi connectivity index (χ3v) is 1.93. The monoisotopic (exact) mass is 171 g/mol. The van der Waals surface area contributed by atoms with Gasteiger partial charge in [-0.2, -0.15) is 0 Å². The Balaban J connectivity index is 3.92. The smallest absolute Gasteiger partial charge is 0.287 e. The van der Waals surface area contributed by atoms with Crippen molar-refractivity contribution in [2.24, 2.45) is 5.92 Å². The first-order valence-electron chi connectivity index (χ1n) is 4.32. The van der Waals surface area contributed by atoms with Gasteiger partial charge in [0, 0.05) is 12.5 Å². The molecule has 3 nitrogen and oxygen atoms in total. The number of carbonyl (C=O) groups is 2. The molecule has 0 fully saturated rings. The van der Waals surface area contributed by atoms with Crippen LogP contribution in [0.2, 0.25) is 0 Å². The lowest BCUT2D eigenvalue weighted by Crippen LogP contribution is -2.40. The van der Waals surface area contributed by atoms with Crippen LogP contribution in [0.15, 0.2) is 0 Å². The van der Waals surface area contributed by atoms with Crippen molar-refractivity contribution in [3.05, 3.63) is 0 Å². The summed E-state index contributed by atoms with van der Waals surface area (Å²) in [6.07, 6.45) is 0.274. The molecule has 1 amide bonds. The number of ketones is 1. The second kappa shape index (κ2) is 4.91. The van der Waals surface area contributed by atoms with Gasteiger partial charge in [0.05, 0.1) is 0 Å². The van der Waals surface area contributed by atoms with Crippen LogP contribution < -0.4 is 5.32 Å². The van der Waals surface area contributed by atoms with Crippen molar-refractivity contribution in [3.8, 4) is 0 Å². The van der Waals surface area contributed by atoms with Crippen LogP contribution in [-0.4, -0.2) is 17.7 Å². The fraction of sp³-hybridized carbons (Fsp3) is 0.778. The number of carbonyl (C=O) groups excluding carboxylic acids is 2. The van der Waals surface area contributed by atoms with E-state index in [9.17, 15) is 9.59 Å². The lowest BCUT2D eigenvalue weighted by atomic mass is 10.1. The Kier molecular flexibility index (Phi) is 4.55. The summed E-state index contributed by atoms with van der Waals surface area (Å²) in [6.45, 7) is 7.58. The minimum atomic E-state index is -0.460. The summed E-state index contributed by atoms with van der Waals surface area (Å²) >= 11 is 0. The zero-order valence-corrected chi connectivity index (χ0v) is 8.18. The van der Waals surface area contributed by atoms with Crippen LogP contribution in [-0.2, 0) is 9.59 Å². The summed E-state index contributed by atoms with van der Waals surface area (Å²) in [5, 5.41) is 2.64. The summed E-state index contributed by atoms with van der Waals surface area (Å²) in [5.41, 5.74) is 0. The van der Waals surface area contributed by atoms with Crippen LogP contribution in [0.4, 0.5) is 0 Å². The van der Waals surface area contributed by atoms with Gasteiger partial charge in [-0.05, 0) is 12.8 Å². The Morgan fingerprint density at radius 2 is 1.75 bits per heavy atom. The molecule has 0 saturated heterocycles. The maximum Gasteiger partial charge on any atom is 0.287 e. The first kappa shape index (κ1) is 11.1. The average molecular weight is 171 g/mol. The van der Waals surface area contributed by atoms with Crippen molar-refractivity contribution >= 4 is 11.7 Å². The maximum atomic E-state index is 11.0. The fourth-order valence-corrected chi connectivity index (χ4v) is 0.614. The molecule has 70 valence electrons. The second-order valence-electron chi connectivity index (χ2n) is 3.28.